The van der Waals surface area contributed by atoms with Crippen LogP contribution >= 0.6 is 0 Å². The molecule has 8 nitrogen and oxygen atoms in total. The van der Waals surface area contributed by atoms with Crippen molar-refractivity contribution < 1.29 is 31.9 Å². The van der Waals surface area contributed by atoms with Crippen molar-refractivity contribution >= 4 is 17.7 Å². The number of hydrogen-bond donors (Lipinski definition) is 2. The van der Waals surface area contributed by atoms with Gasteiger partial charge in [-0.25, -0.2) is 9.07 Å². The number of alkyl halides is 3. The highest BCUT2D eigenvalue weighted by molar-refractivity contribution is 5.97. The zero-order valence-electron chi connectivity index (χ0n) is 18.1. The number of carbonyl (C=O) groups excluding carboxylic acids is 3. The minimum atomic E-state index is -4.97. The summed E-state index contributed by atoms with van der Waals surface area (Å²) in [5.74, 6) is -2.54. The maximum Gasteiger partial charge on any atom is 0.434 e. The molecule has 182 valence electrons. The van der Waals surface area contributed by atoms with Gasteiger partial charge in [0.2, 0.25) is 5.91 Å². The second-order valence-corrected chi connectivity index (χ2v) is 7.72. The van der Waals surface area contributed by atoms with E-state index in [1.54, 1.807) is 12.1 Å². The number of rotatable bonds is 5. The summed E-state index contributed by atoms with van der Waals surface area (Å²) in [6.07, 6.45) is -4.24. The normalized spacial score (nSPS) is 13.9. The van der Waals surface area contributed by atoms with Crippen LogP contribution in [0.25, 0.3) is 5.69 Å². The van der Waals surface area contributed by atoms with Crippen LogP contribution in [-0.2, 0) is 17.5 Å². The number of piperazine rings is 1. The van der Waals surface area contributed by atoms with Gasteiger partial charge in [0.15, 0.2) is 5.69 Å². The quantitative estimate of drug-likeness (QED) is 0.539. The van der Waals surface area contributed by atoms with Crippen molar-refractivity contribution in [1.29, 1.82) is 0 Å². The maximum atomic E-state index is 14.1. The van der Waals surface area contributed by atoms with Crippen molar-refractivity contribution in [3.05, 3.63) is 82.9 Å². The predicted octanol–water partition coefficient (Wildman–Crippen LogP) is 2.53. The fourth-order valence-electron chi connectivity index (χ4n) is 3.63. The molecule has 1 aliphatic rings. The molecule has 0 spiro atoms. The summed E-state index contributed by atoms with van der Waals surface area (Å²) in [6, 6.07) is 10.9. The highest BCUT2D eigenvalue weighted by atomic mass is 19.4. The van der Waals surface area contributed by atoms with E-state index in [4.69, 9.17) is 0 Å². The standard InChI is InChI=1S/C23H19F4N5O3/c24-17-3-1-2-4-18(17)32-20(23(25,26)27)16(12-30-32)21(34)29-11-14-5-7-15(8-6-14)22(35)31-10-9-28-19(33)13-31/h1-8,12H,9-11,13H2,(H,28,33)(H,29,34). The van der Waals surface area contributed by atoms with Crippen LogP contribution in [0.1, 0.15) is 32.0 Å². The van der Waals surface area contributed by atoms with Crippen LogP contribution in [0.4, 0.5) is 17.6 Å². The van der Waals surface area contributed by atoms with Crippen molar-refractivity contribution in [3.8, 4) is 5.69 Å². The topological polar surface area (TPSA) is 96.3 Å². The van der Waals surface area contributed by atoms with Gasteiger partial charge in [-0.1, -0.05) is 24.3 Å². The monoisotopic (exact) mass is 489 g/mol. The second-order valence-electron chi connectivity index (χ2n) is 7.72. The second kappa shape index (κ2) is 9.57. The summed E-state index contributed by atoms with van der Waals surface area (Å²) in [5, 5.41) is 8.61. The summed E-state index contributed by atoms with van der Waals surface area (Å²) >= 11 is 0. The molecular weight excluding hydrogens is 470 g/mol. The highest BCUT2D eigenvalue weighted by Crippen LogP contribution is 2.34. The predicted molar refractivity (Wildman–Crippen MR) is 115 cm³/mol. The molecule has 35 heavy (non-hydrogen) atoms. The van der Waals surface area contributed by atoms with Crippen LogP contribution in [0.3, 0.4) is 0 Å². The molecule has 4 rings (SSSR count). The van der Waals surface area contributed by atoms with Crippen LogP contribution in [-0.4, -0.2) is 52.0 Å². The number of amides is 3. The first-order chi connectivity index (χ1) is 16.6. The van der Waals surface area contributed by atoms with E-state index >= 15 is 0 Å². The maximum absolute atomic E-state index is 14.1. The van der Waals surface area contributed by atoms with Gasteiger partial charge >= 0.3 is 6.18 Å². The zero-order valence-corrected chi connectivity index (χ0v) is 18.1. The molecular formula is C23H19F4N5O3. The van der Waals surface area contributed by atoms with Crippen LogP contribution < -0.4 is 10.6 Å². The summed E-state index contributed by atoms with van der Waals surface area (Å²) < 4.78 is 55.7. The average molecular weight is 489 g/mol. The summed E-state index contributed by atoms with van der Waals surface area (Å²) in [7, 11) is 0. The molecule has 12 heteroatoms. The van der Waals surface area contributed by atoms with Crippen molar-refractivity contribution in [2.45, 2.75) is 12.7 Å². The van der Waals surface area contributed by atoms with E-state index in [1.165, 1.54) is 29.2 Å². The van der Waals surface area contributed by atoms with Crippen LogP contribution in [0, 0.1) is 5.82 Å². The Bertz CT molecular complexity index is 1270. The third-order valence-electron chi connectivity index (χ3n) is 5.34. The minimum Gasteiger partial charge on any atom is -0.353 e. The van der Waals surface area contributed by atoms with Gasteiger partial charge < -0.3 is 15.5 Å². The number of halogens is 4. The van der Waals surface area contributed by atoms with Gasteiger partial charge in [0, 0.05) is 25.2 Å². The Labute approximate surface area is 196 Å². The Balaban J connectivity index is 1.47. The number of hydrogen-bond acceptors (Lipinski definition) is 4. The molecule has 0 saturated carbocycles. The van der Waals surface area contributed by atoms with Gasteiger partial charge in [-0.05, 0) is 29.8 Å². The largest absolute Gasteiger partial charge is 0.434 e. The Morgan fingerprint density at radius 2 is 1.80 bits per heavy atom. The average Bonchev–Trinajstić information content (AvgIpc) is 3.28. The van der Waals surface area contributed by atoms with Crippen molar-refractivity contribution in [3.63, 3.8) is 0 Å². The lowest BCUT2D eigenvalue weighted by molar-refractivity contribution is -0.143. The molecule has 0 radical (unpaired) electrons. The fraction of sp³-hybridized carbons (Fsp3) is 0.217. The van der Waals surface area contributed by atoms with E-state index in [-0.39, 0.29) is 24.9 Å². The number of benzene rings is 2. The van der Waals surface area contributed by atoms with E-state index in [0.29, 0.717) is 28.9 Å². The number of nitrogens with one attached hydrogen (secondary N) is 2. The zero-order chi connectivity index (χ0) is 25.2. The smallest absolute Gasteiger partial charge is 0.353 e. The first kappa shape index (κ1) is 23.9. The molecule has 2 N–H and O–H groups in total. The summed E-state index contributed by atoms with van der Waals surface area (Å²) in [4.78, 5) is 38.0. The van der Waals surface area contributed by atoms with Crippen molar-refractivity contribution in [2.24, 2.45) is 0 Å². The molecule has 0 atom stereocenters. The number of aromatic nitrogens is 2. The Morgan fingerprint density at radius 1 is 1.09 bits per heavy atom. The Morgan fingerprint density at radius 3 is 2.46 bits per heavy atom. The lowest BCUT2D eigenvalue weighted by Gasteiger charge is -2.26. The first-order valence-electron chi connectivity index (χ1n) is 10.5. The molecule has 1 aliphatic heterocycles. The number of carbonyl (C=O) groups is 3. The molecule has 0 unspecified atom stereocenters. The van der Waals surface area contributed by atoms with Crippen LogP contribution in [0.15, 0.2) is 54.7 Å². The Hall–Kier alpha value is -4.22. The molecule has 1 fully saturated rings. The number of nitrogens with zero attached hydrogens (tertiary/aromatic N) is 3. The van der Waals surface area contributed by atoms with Crippen molar-refractivity contribution in [2.75, 3.05) is 19.6 Å². The van der Waals surface area contributed by atoms with Gasteiger partial charge in [-0.15, -0.1) is 0 Å². The summed E-state index contributed by atoms with van der Waals surface area (Å²) in [6.45, 7) is 0.576. The lowest BCUT2D eigenvalue weighted by Crippen LogP contribution is -2.49. The molecule has 3 aromatic rings. The molecule has 2 aromatic carbocycles. The minimum absolute atomic E-state index is 0.0429. The number of para-hydroxylation sites is 1. The molecule has 0 bridgehead atoms. The van der Waals surface area contributed by atoms with Crippen LogP contribution in [0.2, 0.25) is 0 Å². The van der Waals surface area contributed by atoms with E-state index in [2.05, 4.69) is 15.7 Å². The van der Waals surface area contributed by atoms with Gasteiger partial charge in [-0.3, -0.25) is 14.4 Å². The van der Waals surface area contributed by atoms with Crippen molar-refractivity contribution in [1.82, 2.24) is 25.3 Å². The molecule has 1 saturated heterocycles. The fourth-order valence-corrected chi connectivity index (χ4v) is 3.63. The molecule has 3 amide bonds. The van der Waals surface area contributed by atoms with E-state index in [9.17, 15) is 31.9 Å². The first-order valence-corrected chi connectivity index (χ1v) is 10.5. The van der Waals surface area contributed by atoms with Gasteiger partial charge in [0.05, 0.1) is 18.3 Å². The lowest BCUT2D eigenvalue weighted by atomic mass is 10.1. The van der Waals surface area contributed by atoms with E-state index in [1.807, 2.05) is 0 Å². The third kappa shape index (κ3) is 5.15. The SMILES string of the molecule is O=C1CN(C(=O)c2ccc(CNC(=O)c3cnn(-c4ccccc4F)c3C(F)(F)F)cc2)CCN1. The Kier molecular flexibility index (Phi) is 6.54. The van der Waals surface area contributed by atoms with Gasteiger partial charge in [-0.2, -0.15) is 18.3 Å². The van der Waals surface area contributed by atoms with E-state index in [0.717, 1.165) is 18.3 Å². The highest BCUT2D eigenvalue weighted by Gasteiger charge is 2.41. The van der Waals surface area contributed by atoms with E-state index < -0.39 is 34.8 Å². The van der Waals surface area contributed by atoms with Gasteiger partial charge in [0.25, 0.3) is 11.8 Å². The summed E-state index contributed by atoms with van der Waals surface area (Å²) in [5.41, 5.74) is -1.73. The van der Waals surface area contributed by atoms with Gasteiger partial charge in [0.1, 0.15) is 11.5 Å². The van der Waals surface area contributed by atoms with Crippen LogP contribution in [0.5, 0.6) is 0 Å². The third-order valence-corrected chi connectivity index (χ3v) is 5.34. The molecule has 2 heterocycles. The molecule has 1 aromatic heterocycles. The molecule has 0 aliphatic carbocycles.